The molecule has 194 valence electrons. The van der Waals surface area contributed by atoms with Crippen LogP contribution in [0.2, 0.25) is 0 Å². The van der Waals surface area contributed by atoms with Gasteiger partial charge in [-0.15, -0.1) is 23.1 Å². The van der Waals surface area contributed by atoms with Gasteiger partial charge in [0.25, 0.3) is 5.91 Å². The molecular weight excluding hydrogens is 536 g/mol. The molecule has 12 nitrogen and oxygen atoms in total. The number of amides is 3. The van der Waals surface area contributed by atoms with Gasteiger partial charge in [0.2, 0.25) is 5.91 Å². The number of halogens is 1. The van der Waals surface area contributed by atoms with Gasteiger partial charge < -0.3 is 19.9 Å². The number of nitrogens with one attached hydrogen (secondary N) is 2. The number of aromatic nitrogens is 1. The summed E-state index contributed by atoms with van der Waals surface area (Å²) in [4.78, 5) is 65.3. The van der Waals surface area contributed by atoms with E-state index in [2.05, 4.69) is 15.6 Å². The lowest BCUT2D eigenvalue weighted by Gasteiger charge is -2.43. The molecule has 0 aliphatic carbocycles. The molecular formula is C21H23ClN4O8S2. The molecule has 1 unspecified atom stereocenters. The zero-order valence-corrected chi connectivity index (χ0v) is 21.8. The van der Waals surface area contributed by atoms with Gasteiger partial charge in [-0.05, 0) is 20.8 Å². The number of carboxylic acid groups (broad SMARTS) is 1. The molecule has 0 aromatic carbocycles. The minimum atomic E-state index is -1.27. The van der Waals surface area contributed by atoms with Crippen molar-refractivity contribution in [3.05, 3.63) is 27.9 Å². The number of ether oxygens (including phenoxy) is 2. The first-order valence-electron chi connectivity index (χ1n) is 10.5. The van der Waals surface area contributed by atoms with Crippen LogP contribution >= 0.6 is 34.7 Å². The van der Waals surface area contributed by atoms with Crippen molar-refractivity contribution in [2.75, 3.05) is 24.2 Å². The number of carbonyl (C=O) groups excluding carboxylic acids is 4. The Morgan fingerprint density at radius 1 is 1.33 bits per heavy atom. The van der Waals surface area contributed by atoms with E-state index in [0.717, 1.165) is 16.9 Å². The summed E-state index contributed by atoms with van der Waals surface area (Å²) in [6.45, 7) is 4.28. The molecule has 1 fully saturated rings. The number of esters is 1. The van der Waals surface area contributed by atoms with Crippen molar-refractivity contribution >= 4 is 75.3 Å². The van der Waals surface area contributed by atoms with E-state index in [1.165, 1.54) is 22.0 Å². The van der Waals surface area contributed by atoms with Crippen LogP contribution in [0.3, 0.4) is 0 Å². The highest BCUT2D eigenvalue weighted by atomic mass is 35.5. The number of thiazole rings is 1. The van der Waals surface area contributed by atoms with Gasteiger partial charge in [-0.25, -0.2) is 14.6 Å². The lowest BCUT2D eigenvalue weighted by Crippen LogP contribution is -2.54. The van der Waals surface area contributed by atoms with Crippen LogP contribution in [0, 0.1) is 0 Å². The molecule has 3 rings (SSSR count). The van der Waals surface area contributed by atoms with E-state index in [0.29, 0.717) is 11.3 Å². The van der Waals surface area contributed by atoms with Gasteiger partial charge in [0, 0.05) is 22.2 Å². The molecule has 1 saturated heterocycles. The molecule has 2 aliphatic heterocycles. The molecule has 3 N–H and O–H groups in total. The third-order valence-corrected chi connectivity index (χ3v) is 6.93. The second-order valence-corrected chi connectivity index (χ2v) is 10.8. The molecule has 1 aromatic rings. The first-order valence-corrected chi connectivity index (χ1v) is 12.8. The summed E-state index contributed by atoms with van der Waals surface area (Å²) in [6.07, 6.45) is -0.437. The number of hydrogen-bond donors (Lipinski definition) is 3. The predicted octanol–water partition coefficient (Wildman–Crippen LogP) is 2.37. The summed E-state index contributed by atoms with van der Waals surface area (Å²) >= 11 is 8.22. The quantitative estimate of drug-likeness (QED) is 0.245. The van der Waals surface area contributed by atoms with Crippen LogP contribution in [0.25, 0.3) is 5.57 Å². The third kappa shape index (κ3) is 6.77. The Balaban J connectivity index is 1.53. The number of carboxylic acids is 1. The smallest absolute Gasteiger partial charge is 0.413 e. The van der Waals surface area contributed by atoms with Gasteiger partial charge in [0.05, 0.1) is 23.1 Å². The summed E-state index contributed by atoms with van der Waals surface area (Å²) < 4.78 is 10.3. The zero-order valence-electron chi connectivity index (χ0n) is 19.5. The third-order valence-electron chi connectivity index (χ3n) is 4.68. The number of nitrogens with zero attached hydrogens (tertiary/aromatic N) is 2. The normalized spacial score (nSPS) is 17.7. The Labute approximate surface area is 219 Å². The van der Waals surface area contributed by atoms with E-state index in [-0.39, 0.29) is 46.4 Å². The van der Waals surface area contributed by atoms with E-state index in [1.54, 1.807) is 20.8 Å². The fourth-order valence-corrected chi connectivity index (χ4v) is 5.28. The summed E-state index contributed by atoms with van der Waals surface area (Å²) in [6, 6.07) is 0. The van der Waals surface area contributed by atoms with Gasteiger partial charge in [0.1, 0.15) is 24.4 Å². The van der Waals surface area contributed by atoms with Gasteiger partial charge in [-0.1, -0.05) is 11.6 Å². The molecule has 0 bridgehead atoms. The summed E-state index contributed by atoms with van der Waals surface area (Å²) in [7, 11) is 0. The Hall–Kier alpha value is -3.10. The van der Waals surface area contributed by atoms with Crippen LogP contribution < -0.4 is 10.6 Å². The maximum Gasteiger partial charge on any atom is 0.413 e. The van der Waals surface area contributed by atoms with Gasteiger partial charge in [-0.2, -0.15) is 0 Å². The highest BCUT2D eigenvalue weighted by Gasteiger charge is 2.45. The number of anilines is 1. The average Bonchev–Trinajstić information content (AvgIpc) is 3.22. The fourth-order valence-electron chi connectivity index (χ4n) is 3.12. The van der Waals surface area contributed by atoms with E-state index in [1.807, 2.05) is 0 Å². The maximum atomic E-state index is 12.5. The van der Waals surface area contributed by atoms with Crippen LogP contribution in [0.15, 0.2) is 22.2 Å². The lowest BCUT2D eigenvalue weighted by molar-refractivity contribution is -0.146. The molecule has 3 amide bonds. The first-order chi connectivity index (χ1) is 16.9. The van der Waals surface area contributed by atoms with E-state index < -0.39 is 36.1 Å². The molecule has 0 spiro atoms. The molecule has 36 heavy (non-hydrogen) atoms. The number of thioether (sulfide) groups is 1. The molecule has 3 heterocycles. The minimum absolute atomic E-state index is 0.0557. The molecule has 0 radical (unpaired) electrons. The van der Waals surface area contributed by atoms with Crippen molar-refractivity contribution < 1.29 is 38.6 Å². The van der Waals surface area contributed by atoms with Crippen molar-refractivity contribution in [1.29, 1.82) is 0 Å². The van der Waals surface area contributed by atoms with Crippen molar-refractivity contribution in [2.24, 2.45) is 0 Å². The van der Waals surface area contributed by atoms with Crippen molar-refractivity contribution in [3.8, 4) is 0 Å². The maximum absolute atomic E-state index is 12.5. The van der Waals surface area contributed by atoms with Crippen molar-refractivity contribution in [2.45, 2.75) is 38.2 Å². The second-order valence-electron chi connectivity index (χ2n) is 8.52. The lowest BCUT2D eigenvalue weighted by atomic mass is 10.1. The number of hydrogen-bond acceptors (Lipinski definition) is 10. The molecule has 0 saturated carbocycles. The first kappa shape index (κ1) is 27.5. The monoisotopic (exact) mass is 558 g/mol. The summed E-state index contributed by atoms with van der Waals surface area (Å²) in [5.41, 5.74) is 0.521. The van der Waals surface area contributed by atoms with Crippen molar-refractivity contribution in [3.63, 3.8) is 0 Å². The van der Waals surface area contributed by atoms with Gasteiger partial charge in [-0.3, -0.25) is 24.6 Å². The van der Waals surface area contributed by atoms with Crippen molar-refractivity contribution in [1.82, 2.24) is 15.2 Å². The number of rotatable bonds is 8. The number of fused-ring (bicyclic) bond motifs is 1. The van der Waals surface area contributed by atoms with Gasteiger partial charge >= 0.3 is 18.0 Å². The van der Waals surface area contributed by atoms with Crippen LogP contribution in [0.5, 0.6) is 0 Å². The summed E-state index contributed by atoms with van der Waals surface area (Å²) in [5.74, 6) is -2.80. The topological polar surface area (TPSA) is 164 Å². The Morgan fingerprint density at radius 2 is 2.06 bits per heavy atom. The molecule has 1 atom stereocenters. The second kappa shape index (κ2) is 11.3. The highest BCUT2D eigenvalue weighted by Crippen LogP contribution is 2.39. The highest BCUT2D eigenvalue weighted by molar-refractivity contribution is 8.00. The zero-order chi connectivity index (χ0) is 26.6. The number of carbonyl (C=O) groups is 5. The number of aliphatic carboxylic acids is 1. The Bertz CT molecular complexity index is 1160. The van der Waals surface area contributed by atoms with E-state index >= 15 is 0 Å². The molecule has 15 heteroatoms. The largest absolute Gasteiger partial charge is 0.477 e. The average molecular weight is 559 g/mol. The van der Waals surface area contributed by atoms with Crippen LogP contribution in [0.4, 0.5) is 9.93 Å². The molecule has 2 aliphatic rings. The van der Waals surface area contributed by atoms with E-state index in [4.69, 9.17) is 21.1 Å². The molecule has 1 aromatic heterocycles. The Morgan fingerprint density at radius 3 is 2.67 bits per heavy atom. The SMILES string of the molecule is CC(C)(C)OC(=O)Nc1nc(/C(=C\Cl)C(=O)NCC(=O)OCC2=C(C(=O)O)N3C(=O)CC3SC2)cs1. The van der Waals surface area contributed by atoms with E-state index in [9.17, 15) is 29.1 Å². The van der Waals surface area contributed by atoms with Gasteiger partial charge in [0.15, 0.2) is 5.13 Å². The predicted molar refractivity (Wildman–Crippen MR) is 132 cm³/mol. The minimum Gasteiger partial charge on any atom is -0.477 e. The number of β-lactam (4-membered cyclic amide) rings is 1. The van der Waals surface area contributed by atoms with Crippen LogP contribution in [-0.2, 0) is 28.7 Å². The van der Waals surface area contributed by atoms with Crippen LogP contribution in [0.1, 0.15) is 32.9 Å². The fraction of sp³-hybridized carbons (Fsp3) is 0.429. The van der Waals surface area contributed by atoms with Crippen LogP contribution in [-0.4, -0.2) is 74.7 Å². The standard InChI is InChI=1S/C21H23ClN4O8S2/c1-21(2,3)34-20(32)25-19-24-12(9-36-19)11(5-22)17(29)23-6-15(28)33-7-10-8-35-14-4-13(27)26(14)16(10)18(30)31/h5,9,14H,4,6-8H2,1-3H3,(H,23,29)(H,30,31)(H,24,25,32)/b11-5+. The Kier molecular flexibility index (Phi) is 8.63. The summed E-state index contributed by atoms with van der Waals surface area (Å²) in [5, 5.41) is 15.7.